The van der Waals surface area contributed by atoms with Crippen molar-refractivity contribution in [2.75, 3.05) is 19.1 Å². The van der Waals surface area contributed by atoms with Gasteiger partial charge in [0.2, 0.25) is 0 Å². The molecular weight excluding hydrogens is 312 g/mol. The summed E-state index contributed by atoms with van der Waals surface area (Å²) < 4.78 is 4.73. The van der Waals surface area contributed by atoms with E-state index in [1.165, 1.54) is 12.7 Å². The Balaban J connectivity index is 2.38. The third-order valence-electron chi connectivity index (χ3n) is 3.49. The van der Waals surface area contributed by atoms with Gasteiger partial charge in [-0.3, -0.25) is 0 Å². The molecule has 23 heavy (non-hydrogen) atoms. The van der Waals surface area contributed by atoms with Crippen molar-refractivity contribution in [1.82, 2.24) is 10.6 Å². The van der Waals surface area contributed by atoms with Crippen molar-refractivity contribution in [2.45, 2.75) is 38.3 Å². The number of hydrogen-bond acceptors (Lipinski definition) is 4. The smallest absolute Gasteiger partial charge is 0.328 e. The molecule has 2 N–H and O–H groups in total. The van der Waals surface area contributed by atoms with Gasteiger partial charge in [0.15, 0.2) is 0 Å². The highest BCUT2D eigenvalue weighted by Gasteiger charge is 2.21. The minimum absolute atomic E-state index is 0.0223. The maximum atomic E-state index is 12.0. The fourth-order valence-electron chi connectivity index (χ4n) is 2.15. The van der Waals surface area contributed by atoms with Gasteiger partial charge >= 0.3 is 12.0 Å². The van der Waals surface area contributed by atoms with Gasteiger partial charge in [0.1, 0.15) is 6.04 Å². The summed E-state index contributed by atoms with van der Waals surface area (Å²) in [6.45, 7) is 1.96. The Morgan fingerprint density at radius 2 is 1.87 bits per heavy atom. The van der Waals surface area contributed by atoms with Crippen LogP contribution in [0.3, 0.4) is 0 Å². The van der Waals surface area contributed by atoms with E-state index in [2.05, 4.69) is 22.8 Å². The molecule has 0 aromatic heterocycles. The van der Waals surface area contributed by atoms with Crippen LogP contribution < -0.4 is 10.6 Å². The summed E-state index contributed by atoms with van der Waals surface area (Å²) >= 11 is 1.63. The molecule has 2 amide bonds. The molecule has 0 bridgehead atoms. The molecule has 1 rings (SSSR count). The second-order valence-electron chi connectivity index (χ2n) is 5.40. The van der Waals surface area contributed by atoms with E-state index < -0.39 is 12.0 Å². The van der Waals surface area contributed by atoms with Gasteiger partial charge in [-0.05, 0) is 43.8 Å². The van der Waals surface area contributed by atoms with Crippen LogP contribution in [-0.2, 0) is 16.0 Å². The first-order valence-corrected chi connectivity index (χ1v) is 9.14. The van der Waals surface area contributed by atoms with Gasteiger partial charge in [-0.15, -0.1) is 0 Å². The SMILES string of the molecule is COC(=O)C(CCSC)NC(=O)NC(C)CCc1ccccc1. The lowest BCUT2D eigenvalue weighted by Gasteiger charge is -2.19. The van der Waals surface area contributed by atoms with Crippen molar-refractivity contribution in [2.24, 2.45) is 0 Å². The minimum atomic E-state index is -0.603. The molecule has 0 spiro atoms. The van der Waals surface area contributed by atoms with Crippen LogP contribution in [0.15, 0.2) is 30.3 Å². The number of carbonyl (C=O) groups is 2. The van der Waals surface area contributed by atoms with Crippen molar-refractivity contribution < 1.29 is 14.3 Å². The lowest BCUT2D eigenvalue weighted by Crippen LogP contribution is -2.49. The number of carbonyl (C=O) groups excluding carboxylic acids is 2. The molecule has 0 heterocycles. The third kappa shape index (κ3) is 7.93. The predicted octanol–water partition coefficient (Wildman–Crippen LogP) is 2.60. The van der Waals surface area contributed by atoms with Crippen LogP contribution in [0.5, 0.6) is 0 Å². The molecule has 1 aromatic rings. The van der Waals surface area contributed by atoms with E-state index in [4.69, 9.17) is 4.74 Å². The van der Waals surface area contributed by atoms with Gasteiger partial charge in [-0.1, -0.05) is 30.3 Å². The molecule has 0 saturated carbocycles. The molecule has 6 heteroatoms. The summed E-state index contributed by atoms with van der Waals surface area (Å²) in [4.78, 5) is 23.7. The van der Waals surface area contributed by atoms with Crippen LogP contribution in [0.1, 0.15) is 25.3 Å². The Morgan fingerprint density at radius 3 is 2.48 bits per heavy atom. The number of methoxy groups -OCH3 is 1. The fraction of sp³-hybridized carbons (Fsp3) is 0.529. The first-order chi connectivity index (χ1) is 11.1. The Labute approximate surface area is 142 Å². The number of ether oxygens (including phenoxy) is 1. The molecule has 0 aliphatic rings. The van der Waals surface area contributed by atoms with Crippen molar-refractivity contribution in [1.29, 1.82) is 0 Å². The number of nitrogens with one attached hydrogen (secondary N) is 2. The largest absolute Gasteiger partial charge is 0.467 e. The molecule has 0 radical (unpaired) electrons. The van der Waals surface area contributed by atoms with E-state index in [1.54, 1.807) is 11.8 Å². The molecule has 0 fully saturated rings. The van der Waals surface area contributed by atoms with Crippen molar-refractivity contribution in [3.8, 4) is 0 Å². The zero-order valence-corrected chi connectivity index (χ0v) is 14.8. The monoisotopic (exact) mass is 338 g/mol. The number of rotatable bonds is 9. The lowest BCUT2D eigenvalue weighted by atomic mass is 10.1. The van der Waals surface area contributed by atoms with E-state index >= 15 is 0 Å². The second kappa shape index (κ2) is 10.9. The first kappa shape index (κ1) is 19.4. The Bertz CT molecular complexity index is 482. The van der Waals surface area contributed by atoms with Crippen LogP contribution in [-0.4, -0.2) is 43.2 Å². The maximum Gasteiger partial charge on any atom is 0.328 e. The van der Waals surface area contributed by atoms with E-state index in [0.717, 1.165) is 18.6 Å². The van der Waals surface area contributed by atoms with Crippen LogP contribution in [0.25, 0.3) is 0 Å². The van der Waals surface area contributed by atoms with E-state index in [-0.39, 0.29) is 12.1 Å². The Morgan fingerprint density at radius 1 is 1.17 bits per heavy atom. The number of urea groups is 1. The van der Waals surface area contributed by atoms with Gasteiger partial charge in [0, 0.05) is 6.04 Å². The molecule has 0 aliphatic carbocycles. The number of esters is 1. The highest BCUT2D eigenvalue weighted by atomic mass is 32.2. The Kier molecular flexibility index (Phi) is 9.21. The van der Waals surface area contributed by atoms with Gasteiger partial charge in [0.25, 0.3) is 0 Å². The van der Waals surface area contributed by atoms with Gasteiger partial charge < -0.3 is 15.4 Å². The summed E-state index contributed by atoms with van der Waals surface area (Å²) in [6, 6.07) is 9.23. The molecule has 2 unspecified atom stereocenters. The van der Waals surface area contributed by atoms with E-state index in [0.29, 0.717) is 6.42 Å². The van der Waals surface area contributed by atoms with Crippen LogP contribution in [0.2, 0.25) is 0 Å². The molecule has 5 nitrogen and oxygen atoms in total. The topological polar surface area (TPSA) is 67.4 Å². The van der Waals surface area contributed by atoms with Crippen molar-refractivity contribution >= 4 is 23.8 Å². The summed E-state index contributed by atoms with van der Waals surface area (Å²) in [5.41, 5.74) is 1.24. The lowest BCUT2D eigenvalue weighted by molar-refractivity contribution is -0.142. The van der Waals surface area contributed by atoms with Crippen LogP contribution >= 0.6 is 11.8 Å². The molecule has 2 atom stereocenters. The van der Waals surface area contributed by atoms with E-state index in [9.17, 15) is 9.59 Å². The highest BCUT2D eigenvalue weighted by Crippen LogP contribution is 2.05. The highest BCUT2D eigenvalue weighted by molar-refractivity contribution is 7.98. The summed E-state index contributed by atoms with van der Waals surface area (Å²) in [6.07, 6.45) is 4.25. The molecule has 1 aromatic carbocycles. The van der Waals surface area contributed by atoms with E-state index in [1.807, 2.05) is 31.4 Å². The Hall–Kier alpha value is -1.69. The summed E-state index contributed by atoms with van der Waals surface area (Å²) in [7, 11) is 1.33. The minimum Gasteiger partial charge on any atom is -0.467 e. The second-order valence-corrected chi connectivity index (χ2v) is 6.39. The maximum absolute atomic E-state index is 12.0. The van der Waals surface area contributed by atoms with Gasteiger partial charge in [-0.25, -0.2) is 9.59 Å². The quantitative estimate of drug-likeness (QED) is 0.679. The molecule has 0 saturated heterocycles. The molecule has 0 aliphatic heterocycles. The number of thioether (sulfide) groups is 1. The number of benzene rings is 1. The van der Waals surface area contributed by atoms with Crippen molar-refractivity contribution in [3.63, 3.8) is 0 Å². The predicted molar refractivity (Wildman–Crippen MR) is 94.7 cm³/mol. The molecular formula is C17H26N2O3S. The summed E-state index contributed by atoms with van der Waals surface area (Å²) in [5, 5.41) is 5.57. The normalized spacial score (nSPS) is 13.0. The standard InChI is InChI=1S/C17H26N2O3S/c1-13(9-10-14-7-5-4-6-8-14)18-17(21)19-15(11-12-23-3)16(20)22-2/h4-8,13,15H,9-12H2,1-3H3,(H2,18,19,21). The average Bonchev–Trinajstić information content (AvgIpc) is 2.56. The van der Waals surface area contributed by atoms with Gasteiger partial charge in [-0.2, -0.15) is 11.8 Å². The molecule has 128 valence electrons. The number of aryl methyl sites for hydroxylation is 1. The first-order valence-electron chi connectivity index (χ1n) is 7.74. The van der Waals surface area contributed by atoms with Crippen LogP contribution in [0, 0.1) is 0 Å². The zero-order chi connectivity index (χ0) is 17.1. The summed E-state index contributed by atoms with van der Waals surface area (Å²) in [5.74, 6) is 0.370. The third-order valence-corrected chi connectivity index (χ3v) is 4.13. The fourth-order valence-corrected chi connectivity index (χ4v) is 2.62. The zero-order valence-electron chi connectivity index (χ0n) is 14.0. The number of amides is 2. The van der Waals surface area contributed by atoms with Gasteiger partial charge in [0.05, 0.1) is 7.11 Å². The number of hydrogen-bond donors (Lipinski definition) is 2. The van der Waals surface area contributed by atoms with Crippen molar-refractivity contribution in [3.05, 3.63) is 35.9 Å². The van der Waals surface area contributed by atoms with Crippen LogP contribution in [0.4, 0.5) is 4.79 Å². The average molecular weight is 338 g/mol.